The van der Waals surface area contributed by atoms with Gasteiger partial charge < -0.3 is 19.9 Å². The van der Waals surface area contributed by atoms with Crippen molar-refractivity contribution >= 4 is 11.9 Å². The summed E-state index contributed by atoms with van der Waals surface area (Å²) in [5.74, 6) is -1.05. The number of carbonyl (C=O) groups excluding carboxylic acids is 2. The summed E-state index contributed by atoms with van der Waals surface area (Å²) in [6, 6.07) is 9.97. The first-order chi connectivity index (χ1) is 12.3. The van der Waals surface area contributed by atoms with Crippen molar-refractivity contribution in [1.82, 2.24) is 5.32 Å². The zero-order valence-corrected chi connectivity index (χ0v) is 15.3. The number of hydrogen-bond acceptors (Lipinski definition) is 5. The van der Waals surface area contributed by atoms with Gasteiger partial charge in [0.1, 0.15) is 17.1 Å². The second-order valence-corrected chi connectivity index (χ2v) is 6.09. The number of nitrogens with one attached hydrogen (secondary N) is 1. The van der Waals surface area contributed by atoms with Crippen LogP contribution in [0.2, 0.25) is 0 Å². The van der Waals surface area contributed by atoms with Gasteiger partial charge in [0.2, 0.25) is 0 Å². The Bertz CT molecular complexity index is 816. The molecule has 0 aromatic heterocycles. The highest BCUT2D eigenvalue weighted by Gasteiger charge is 2.16. The summed E-state index contributed by atoms with van der Waals surface area (Å²) >= 11 is 0. The first kappa shape index (κ1) is 19.3. The first-order valence-electron chi connectivity index (χ1n) is 8.22. The molecule has 1 atom stereocenters. The Morgan fingerprint density at radius 2 is 1.85 bits per heavy atom. The molecular formula is C20H23NO5. The molecule has 0 aliphatic rings. The van der Waals surface area contributed by atoms with Gasteiger partial charge in [-0.1, -0.05) is 18.2 Å². The zero-order chi connectivity index (χ0) is 19.3. The van der Waals surface area contributed by atoms with Crippen LogP contribution in [0.1, 0.15) is 40.0 Å². The van der Waals surface area contributed by atoms with Gasteiger partial charge in [-0.15, -0.1) is 0 Å². The molecule has 2 rings (SSSR count). The first-order valence-corrected chi connectivity index (χ1v) is 8.22. The van der Waals surface area contributed by atoms with Crippen molar-refractivity contribution in [3.05, 3.63) is 58.7 Å². The highest BCUT2D eigenvalue weighted by molar-refractivity contribution is 5.94. The number of carbonyl (C=O) groups is 2. The molecule has 1 amide bonds. The molecule has 6 nitrogen and oxygen atoms in total. The number of methoxy groups -OCH3 is 1. The van der Waals surface area contributed by atoms with Crippen LogP contribution in [0.25, 0.3) is 0 Å². The van der Waals surface area contributed by atoms with E-state index in [-0.39, 0.29) is 17.4 Å². The molecule has 0 bridgehead atoms. The Kier molecular flexibility index (Phi) is 6.22. The maximum atomic E-state index is 12.0. The number of ether oxygens (including phenoxy) is 2. The van der Waals surface area contributed by atoms with Crippen molar-refractivity contribution in [3.8, 4) is 11.5 Å². The lowest BCUT2D eigenvalue weighted by molar-refractivity contribution is -0.124. The smallest absolute Gasteiger partial charge is 0.342 e. The highest BCUT2D eigenvalue weighted by Crippen LogP contribution is 2.24. The molecule has 0 radical (unpaired) electrons. The van der Waals surface area contributed by atoms with Crippen LogP contribution in [-0.4, -0.2) is 30.7 Å². The minimum atomic E-state index is -0.779. The highest BCUT2D eigenvalue weighted by atomic mass is 16.5. The molecule has 138 valence electrons. The van der Waals surface area contributed by atoms with Crippen LogP contribution in [0.3, 0.4) is 0 Å². The van der Waals surface area contributed by atoms with Gasteiger partial charge in [0.15, 0.2) is 6.61 Å². The number of benzene rings is 2. The molecular weight excluding hydrogens is 334 g/mol. The maximum Gasteiger partial charge on any atom is 0.342 e. The molecule has 0 unspecified atom stereocenters. The molecule has 0 spiro atoms. The van der Waals surface area contributed by atoms with E-state index >= 15 is 0 Å². The fraction of sp³-hybridized carbons (Fsp3) is 0.300. The Morgan fingerprint density at radius 1 is 1.12 bits per heavy atom. The van der Waals surface area contributed by atoms with E-state index in [1.807, 2.05) is 39.0 Å². The SMILES string of the molecule is COc1ccc(C(=O)OCC(=O)N[C@@H](C)c2ccc(C)c(C)c2)c(O)c1. The molecule has 26 heavy (non-hydrogen) atoms. The van der Waals surface area contributed by atoms with Gasteiger partial charge in [-0.3, -0.25) is 4.79 Å². The van der Waals surface area contributed by atoms with E-state index in [4.69, 9.17) is 9.47 Å². The van der Waals surface area contributed by atoms with Crippen molar-refractivity contribution in [3.63, 3.8) is 0 Å². The number of phenols is 1. The van der Waals surface area contributed by atoms with Crippen LogP contribution in [0, 0.1) is 13.8 Å². The summed E-state index contributed by atoms with van der Waals surface area (Å²) in [6.45, 7) is 5.46. The second-order valence-electron chi connectivity index (χ2n) is 6.09. The number of phenolic OH excluding ortho intramolecular Hbond substituents is 1. The van der Waals surface area contributed by atoms with Crippen LogP contribution < -0.4 is 10.1 Å². The summed E-state index contributed by atoms with van der Waals surface area (Å²) in [7, 11) is 1.45. The summed E-state index contributed by atoms with van der Waals surface area (Å²) in [6.07, 6.45) is 0. The molecule has 2 aromatic rings. The Labute approximate surface area is 152 Å². The van der Waals surface area contributed by atoms with Crippen LogP contribution in [-0.2, 0) is 9.53 Å². The molecule has 0 saturated heterocycles. The summed E-state index contributed by atoms with van der Waals surface area (Å²) < 4.78 is 9.93. The van der Waals surface area contributed by atoms with Gasteiger partial charge in [0.05, 0.1) is 13.2 Å². The maximum absolute atomic E-state index is 12.0. The van der Waals surface area contributed by atoms with E-state index in [1.165, 1.54) is 30.9 Å². The fourth-order valence-electron chi connectivity index (χ4n) is 2.42. The zero-order valence-electron chi connectivity index (χ0n) is 15.3. The van der Waals surface area contributed by atoms with Gasteiger partial charge in [-0.05, 0) is 49.6 Å². The van der Waals surface area contributed by atoms with E-state index in [0.29, 0.717) is 5.75 Å². The monoisotopic (exact) mass is 357 g/mol. The standard InChI is InChI=1S/C20H23NO5/c1-12-5-6-15(9-13(12)2)14(3)21-19(23)11-26-20(24)17-8-7-16(25-4)10-18(17)22/h5-10,14,22H,11H2,1-4H3,(H,21,23)/t14-/m0/s1. The number of aromatic hydroxyl groups is 1. The normalized spacial score (nSPS) is 11.5. The summed E-state index contributed by atoms with van der Waals surface area (Å²) in [5.41, 5.74) is 3.27. The predicted octanol–water partition coefficient (Wildman–Crippen LogP) is 3.05. The van der Waals surface area contributed by atoms with E-state index in [9.17, 15) is 14.7 Å². The van der Waals surface area contributed by atoms with Gasteiger partial charge in [-0.2, -0.15) is 0 Å². The van der Waals surface area contributed by atoms with E-state index in [2.05, 4.69) is 5.32 Å². The molecule has 2 N–H and O–H groups in total. The third-order valence-corrected chi connectivity index (χ3v) is 4.17. The number of rotatable bonds is 6. The Balaban J connectivity index is 1.91. The predicted molar refractivity (Wildman–Crippen MR) is 97.4 cm³/mol. The molecule has 0 aliphatic heterocycles. The van der Waals surface area contributed by atoms with Crippen molar-refractivity contribution in [2.75, 3.05) is 13.7 Å². The lowest BCUT2D eigenvalue weighted by atomic mass is 10.0. The third kappa shape index (κ3) is 4.75. The van der Waals surface area contributed by atoms with Crippen molar-refractivity contribution < 1.29 is 24.2 Å². The summed E-state index contributed by atoms with van der Waals surface area (Å²) in [4.78, 5) is 24.0. The van der Waals surface area contributed by atoms with E-state index < -0.39 is 18.5 Å². The van der Waals surface area contributed by atoms with E-state index in [0.717, 1.165) is 11.1 Å². The lowest BCUT2D eigenvalue weighted by Crippen LogP contribution is -2.31. The fourth-order valence-corrected chi connectivity index (χ4v) is 2.42. The van der Waals surface area contributed by atoms with Crippen molar-refractivity contribution in [2.45, 2.75) is 26.8 Å². The topological polar surface area (TPSA) is 84.9 Å². The average molecular weight is 357 g/mol. The largest absolute Gasteiger partial charge is 0.507 e. The van der Waals surface area contributed by atoms with Crippen molar-refractivity contribution in [1.29, 1.82) is 0 Å². The third-order valence-electron chi connectivity index (χ3n) is 4.17. The van der Waals surface area contributed by atoms with Crippen LogP contribution in [0.5, 0.6) is 11.5 Å². The number of amides is 1. The van der Waals surface area contributed by atoms with Crippen LogP contribution in [0.4, 0.5) is 0 Å². The van der Waals surface area contributed by atoms with Crippen LogP contribution in [0.15, 0.2) is 36.4 Å². The number of aryl methyl sites for hydroxylation is 2. The average Bonchev–Trinajstić information content (AvgIpc) is 2.61. The molecule has 0 fully saturated rings. The molecule has 0 heterocycles. The summed E-state index contributed by atoms with van der Waals surface area (Å²) in [5, 5.41) is 12.6. The van der Waals surface area contributed by atoms with Crippen LogP contribution >= 0.6 is 0 Å². The van der Waals surface area contributed by atoms with E-state index in [1.54, 1.807) is 0 Å². The van der Waals surface area contributed by atoms with Gasteiger partial charge in [0.25, 0.3) is 5.91 Å². The molecule has 0 aliphatic carbocycles. The molecule has 0 saturated carbocycles. The number of hydrogen-bond donors (Lipinski definition) is 2. The second kappa shape index (κ2) is 8.38. The van der Waals surface area contributed by atoms with Gasteiger partial charge in [0, 0.05) is 6.07 Å². The van der Waals surface area contributed by atoms with Gasteiger partial charge >= 0.3 is 5.97 Å². The quantitative estimate of drug-likeness (QED) is 0.776. The lowest BCUT2D eigenvalue weighted by Gasteiger charge is -2.16. The van der Waals surface area contributed by atoms with Crippen molar-refractivity contribution in [2.24, 2.45) is 0 Å². The minimum absolute atomic E-state index is 0.0270. The Morgan fingerprint density at radius 3 is 2.46 bits per heavy atom. The van der Waals surface area contributed by atoms with Gasteiger partial charge in [-0.25, -0.2) is 4.79 Å². The molecule has 6 heteroatoms. The minimum Gasteiger partial charge on any atom is -0.507 e. The Hall–Kier alpha value is -3.02. The molecule has 2 aromatic carbocycles. The number of esters is 1.